The molecule has 3 atom stereocenters. The normalized spacial score (nSPS) is 33.3. The average molecular weight is 197 g/mol. The summed E-state index contributed by atoms with van der Waals surface area (Å²) in [6.07, 6.45) is 3.39. The van der Waals surface area contributed by atoms with Crippen molar-refractivity contribution < 1.29 is 9.47 Å². The molecule has 0 bridgehead atoms. The highest BCUT2D eigenvalue weighted by Gasteiger charge is 2.29. The first-order chi connectivity index (χ1) is 6.60. The standard InChI is InChI=1S/C12H21O2/c1-8(2)10-7-12(14-5)11(13-4)6-9(10)3/h7-9,11-12H,3,6H2,1-2,4-5H3. The lowest BCUT2D eigenvalue weighted by Crippen LogP contribution is -2.35. The minimum atomic E-state index is 0.0930. The lowest BCUT2D eigenvalue weighted by atomic mass is 9.80. The van der Waals surface area contributed by atoms with Gasteiger partial charge in [-0.3, -0.25) is 0 Å². The van der Waals surface area contributed by atoms with Crippen LogP contribution >= 0.6 is 0 Å². The highest BCUT2D eigenvalue weighted by atomic mass is 16.5. The van der Waals surface area contributed by atoms with E-state index in [9.17, 15) is 0 Å². The molecule has 14 heavy (non-hydrogen) atoms. The number of methoxy groups -OCH3 is 2. The third kappa shape index (κ3) is 2.37. The summed E-state index contributed by atoms with van der Waals surface area (Å²) in [6.45, 7) is 8.56. The summed E-state index contributed by atoms with van der Waals surface area (Å²) in [4.78, 5) is 0. The summed E-state index contributed by atoms with van der Waals surface area (Å²) in [5, 5.41) is 0. The summed E-state index contributed by atoms with van der Waals surface area (Å²) in [6, 6.07) is 0. The van der Waals surface area contributed by atoms with E-state index in [1.54, 1.807) is 14.2 Å². The fraction of sp³-hybridized carbons (Fsp3) is 0.750. The van der Waals surface area contributed by atoms with Gasteiger partial charge in [0.1, 0.15) is 6.10 Å². The van der Waals surface area contributed by atoms with E-state index in [1.807, 2.05) is 0 Å². The van der Waals surface area contributed by atoms with Gasteiger partial charge in [-0.1, -0.05) is 25.5 Å². The smallest absolute Gasteiger partial charge is 0.102 e. The lowest BCUT2D eigenvalue weighted by Gasteiger charge is -2.33. The Balaban J connectivity index is 2.82. The number of allylic oxidation sites excluding steroid dienone is 1. The third-order valence-electron chi connectivity index (χ3n) is 2.95. The van der Waals surface area contributed by atoms with E-state index in [0.717, 1.165) is 6.42 Å². The van der Waals surface area contributed by atoms with Crippen LogP contribution < -0.4 is 0 Å². The molecule has 1 aliphatic carbocycles. The van der Waals surface area contributed by atoms with Crippen molar-refractivity contribution in [1.29, 1.82) is 0 Å². The molecule has 0 fully saturated rings. The van der Waals surface area contributed by atoms with E-state index in [0.29, 0.717) is 11.8 Å². The largest absolute Gasteiger partial charge is 0.378 e. The molecule has 0 aliphatic heterocycles. The summed E-state index contributed by atoms with van der Waals surface area (Å²) in [5.41, 5.74) is 1.39. The first-order valence-corrected chi connectivity index (χ1v) is 5.20. The third-order valence-corrected chi connectivity index (χ3v) is 2.95. The van der Waals surface area contributed by atoms with Crippen LogP contribution in [0.4, 0.5) is 0 Å². The molecule has 1 rings (SSSR count). The van der Waals surface area contributed by atoms with Crippen LogP contribution in [0.2, 0.25) is 0 Å². The Kier molecular flexibility index (Phi) is 4.14. The molecule has 1 aliphatic rings. The molecule has 0 amide bonds. The van der Waals surface area contributed by atoms with E-state index in [1.165, 1.54) is 5.57 Å². The molecule has 2 nitrogen and oxygen atoms in total. The lowest BCUT2D eigenvalue weighted by molar-refractivity contribution is -0.0262. The fourth-order valence-electron chi connectivity index (χ4n) is 2.10. The van der Waals surface area contributed by atoms with E-state index >= 15 is 0 Å². The number of hydrogen-bond acceptors (Lipinski definition) is 2. The summed E-state index contributed by atoms with van der Waals surface area (Å²) in [7, 11) is 3.46. The highest BCUT2D eigenvalue weighted by molar-refractivity contribution is 5.18. The molecule has 0 saturated carbocycles. The van der Waals surface area contributed by atoms with Crippen LogP contribution in [0.3, 0.4) is 0 Å². The molecule has 0 heterocycles. The highest BCUT2D eigenvalue weighted by Crippen LogP contribution is 2.31. The van der Waals surface area contributed by atoms with E-state index in [4.69, 9.17) is 9.47 Å². The first kappa shape index (κ1) is 11.7. The summed E-state index contributed by atoms with van der Waals surface area (Å²) >= 11 is 0. The second-order valence-corrected chi connectivity index (χ2v) is 4.23. The molecular formula is C12H21O2. The van der Waals surface area contributed by atoms with E-state index in [-0.39, 0.29) is 12.2 Å². The zero-order valence-corrected chi connectivity index (χ0v) is 9.62. The summed E-state index contributed by atoms with van der Waals surface area (Å²) < 4.78 is 10.8. The van der Waals surface area contributed by atoms with Gasteiger partial charge in [-0.25, -0.2) is 0 Å². The van der Waals surface area contributed by atoms with Gasteiger partial charge in [0.15, 0.2) is 0 Å². The Morgan fingerprint density at radius 2 is 2.00 bits per heavy atom. The minimum Gasteiger partial charge on any atom is -0.378 e. The van der Waals surface area contributed by atoms with Crippen LogP contribution in [0.5, 0.6) is 0 Å². The van der Waals surface area contributed by atoms with Gasteiger partial charge in [0.25, 0.3) is 0 Å². The second kappa shape index (κ2) is 4.94. The SMILES string of the molecule is [CH2]C1CC(OC)C(OC)C=C1C(C)C. The van der Waals surface area contributed by atoms with Gasteiger partial charge in [0, 0.05) is 14.2 Å². The molecule has 0 aromatic rings. The molecule has 0 spiro atoms. The van der Waals surface area contributed by atoms with Gasteiger partial charge in [0.05, 0.1) is 6.10 Å². The van der Waals surface area contributed by atoms with Crippen molar-refractivity contribution >= 4 is 0 Å². The van der Waals surface area contributed by atoms with Crippen molar-refractivity contribution in [3.63, 3.8) is 0 Å². The topological polar surface area (TPSA) is 18.5 Å². The maximum absolute atomic E-state index is 5.39. The van der Waals surface area contributed by atoms with Crippen LogP contribution in [-0.4, -0.2) is 26.4 Å². The average Bonchev–Trinajstić information content (AvgIpc) is 2.16. The van der Waals surface area contributed by atoms with Crippen molar-refractivity contribution in [2.45, 2.75) is 32.5 Å². The van der Waals surface area contributed by atoms with Crippen molar-refractivity contribution in [1.82, 2.24) is 0 Å². The maximum atomic E-state index is 5.39. The van der Waals surface area contributed by atoms with Crippen molar-refractivity contribution in [3.8, 4) is 0 Å². The van der Waals surface area contributed by atoms with Gasteiger partial charge in [0.2, 0.25) is 0 Å². The van der Waals surface area contributed by atoms with Gasteiger partial charge in [-0.15, -0.1) is 0 Å². The van der Waals surface area contributed by atoms with Crippen molar-refractivity contribution in [3.05, 3.63) is 18.6 Å². The molecule has 0 saturated heterocycles. The molecular weight excluding hydrogens is 176 g/mol. The first-order valence-electron chi connectivity index (χ1n) is 5.20. The van der Waals surface area contributed by atoms with Gasteiger partial charge in [-0.2, -0.15) is 0 Å². The summed E-state index contributed by atoms with van der Waals surface area (Å²) in [5.74, 6) is 0.916. The molecule has 0 N–H and O–H groups in total. The molecule has 0 aromatic carbocycles. The van der Waals surface area contributed by atoms with E-state index < -0.39 is 0 Å². The Morgan fingerprint density at radius 1 is 1.36 bits per heavy atom. The Labute approximate surface area is 87.3 Å². The van der Waals surface area contributed by atoms with Crippen LogP contribution in [-0.2, 0) is 9.47 Å². The molecule has 2 heteroatoms. The Morgan fingerprint density at radius 3 is 2.43 bits per heavy atom. The zero-order chi connectivity index (χ0) is 10.7. The van der Waals surface area contributed by atoms with Crippen LogP contribution in [0.25, 0.3) is 0 Å². The second-order valence-electron chi connectivity index (χ2n) is 4.23. The van der Waals surface area contributed by atoms with Gasteiger partial charge >= 0.3 is 0 Å². The fourth-order valence-corrected chi connectivity index (χ4v) is 2.10. The van der Waals surface area contributed by atoms with Crippen LogP contribution in [0.15, 0.2) is 11.6 Å². The number of rotatable bonds is 3. The van der Waals surface area contributed by atoms with Crippen LogP contribution in [0, 0.1) is 18.8 Å². The molecule has 81 valence electrons. The quantitative estimate of drug-likeness (QED) is 0.647. The minimum absolute atomic E-state index is 0.0930. The van der Waals surface area contributed by atoms with Gasteiger partial charge < -0.3 is 9.47 Å². The molecule has 1 radical (unpaired) electrons. The predicted octanol–water partition coefficient (Wildman–Crippen LogP) is 2.45. The molecule has 0 aromatic heterocycles. The molecule has 3 unspecified atom stereocenters. The Hall–Kier alpha value is -0.340. The predicted molar refractivity (Wildman–Crippen MR) is 58.0 cm³/mol. The van der Waals surface area contributed by atoms with Crippen molar-refractivity contribution in [2.75, 3.05) is 14.2 Å². The van der Waals surface area contributed by atoms with Gasteiger partial charge in [-0.05, 0) is 25.2 Å². The van der Waals surface area contributed by atoms with Crippen LogP contribution in [0.1, 0.15) is 20.3 Å². The monoisotopic (exact) mass is 197 g/mol. The Bertz CT molecular complexity index is 208. The number of ether oxygens (including phenoxy) is 2. The number of hydrogen-bond donors (Lipinski definition) is 0. The van der Waals surface area contributed by atoms with Crippen molar-refractivity contribution in [2.24, 2.45) is 11.8 Å². The maximum Gasteiger partial charge on any atom is 0.102 e. The van der Waals surface area contributed by atoms with E-state index in [2.05, 4.69) is 26.8 Å². The zero-order valence-electron chi connectivity index (χ0n) is 9.62.